The average molecular weight is 709 g/mol. The Morgan fingerprint density at radius 3 is 0.848 bits per heavy atom. The van der Waals surface area contributed by atoms with E-state index in [1.54, 1.807) is 13.8 Å². The smallest absolute Gasteiger partial charge is 0.373 e. The normalized spacial score (nSPS) is 5.13. The van der Waals surface area contributed by atoms with Crippen LogP contribution in [0.4, 0.5) is 0 Å². The first-order chi connectivity index (χ1) is 16.6. The van der Waals surface area contributed by atoms with E-state index in [1.165, 1.54) is 0 Å². The highest BCUT2D eigenvalue weighted by Gasteiger charge is 2.35. The van der Waals surface area contributed by atoms with Gasteiger partial charge in [0.1, 0.15) is 0 Å². The molecule has 0 saturated heterocycles. The van der Waals surface area contributed by atoms with Gasteiger partial charge in [0.2, 0.25) is 0 Å². The zero-order valence-corrected chi connectivity index (χ0v) is 21.6. The van der Waals surface area contributed by atoms with Crippen LogP contribution in [0, 0.1) is 45.5 Å². The van der Waals surface area contributed by atoms with Gasteiger partial charge in [-0.05, 0) is 57.7 Å². The summed E-state index contributed by atoms with van der Waals surface area (Å²) in [6.07, 6.45) is -0.806. The Morgan fingerprint density at radius 2 is 0.717 bits per heavy atom. The lowest BCUT2D eigenvalue weighted by Crippen LogP contribution is -2.38. The van der Waals surface area contributed by atoms with E-state index < -0.39 is 47.3 Å². The first-order valence-electron chi connectivity index (χ1n) is 7.21. The summed E-state index contributed by atoms with van der Waals surface area (Å²) in [5, 5.41) is 26.0. The van der Waals surface area contributed by atoms with Gasteiger partial charge in [-0.2, -0.15) is 9.59 Å². The molecule has 0 aliphatic rings. The fourth-order valence-electron chi connectivity index (χ4n) is 0.749. The molecule has 0 atom stereocenters. The third kappa shape index (κ3) is 77.1. The quantitative estimate of drug-likeness (QED) is 0.0404. The summed E-state index contributed by atoms with van der Waals surface area (Å²) < 4.78 is 0. The summed E-state index contributed by atoms with van der Waals surface area (Å²) in [4.78, 5) is 113. The molecular formula is C19H48O27. The summed E-state index contributed by atoms with van der Waals surface area (Å²) in [6.45, 7) is 3.49. The second kappa shape index (κ2) is 90.0. The lowest BCUT2D eigenvalue weighted by Gasteiger charge is -1.91. The van der Waals surface area contributed by atoms with Crippen LogP contribution in [0.5, 0.6) is 0 Å². The first kappa shape index (κ1) is 105. The van der Waals surface area contributed by atoms with Crippen molar-refractivity contribution in [3.8, 4) is 35.5 Å². The van der Waals surface area contributed by atoms with Crippen molar-refractivity contribution < 1.29 is 136 Å². The van der Waals surface area contributed by atoms with Crippen LogP contribution < -0.4 is 0 Å². The van der Waals surface area contributed by atoms with E-state index >= 15 is 0 Å². The first-order valence-corrected chi connectivity index (χ1v) is 7.21. The molecule has 286 valence electrons. The van der Waals surface area contributed by atoms with Gasteiger partial charge in [0.25, 0.3) is 34.7 Å². The van der Waals surface area contributed by atoms with Crippen molar-refractivity contribution in [2.75, 3.05) is 0 Å². The molecule has 0 aromatic heterocycles. The molecule has 0 bridgehead atoms. The molecule has 20 N–H and O–H groups in total. The van der Waals surface area contributed by atoms with Gasteiger partial charge < -0.3 is 49.3 Å². The molecule has 27 nitrogen and oxygen atoms in total. The maximum Gasteiger partial charge on any atom is 0.373 e. The molecule has 0 aromatic carbocycles. The maximum absolute atomic E-state index is 10.7. The van der Waals surface area contributed by atoms with Crippen molar-refractivity contribution in [1.82, 2.24) is 0 Å². The largest absolute Gasteiger partial charge is 0.412 e. The molecular weight excluding hydrogens is 660 g/mol. The van der Waals surface area contributed by atoms with Gasteiger partial charge in [0.15, 0.2) is 12.6 Å². The number of ketones is 6. The standard InChI is InChI=1S/C8H2O8.C8H6.CO2.2CH4.H2O6.O2.9H2O.6H2/c9-1-3(11)5(13)7(15)8(16)6(14)4(12)2-10;1-3-5-7-8-6-4-2;2-1-3;;;1-3-5-6-4-2;1-2;;;;;;;;;;;;;;;/h1-2H;1-2H3;;2*1H4;1-2H;;9*1H2;6*1H. The summed E-state index contributed by atoms with van der Waals surface area (Å²) >= 11 is 0. The molecule has 0 radical (unpaired) electrons. The van der Waals surface area contributed by atoms with Gasteiger partial charge in [0.05, 0.1) is 0 Å². The van der Waals surface area contributed by atoms with Crippen LogP contribution in [0.1, 0.15) is 37.3 Å². The monoisotopic (exact) mass is 708 g/mol. The summed E-state index contributed by atoms with van der Waals surface area (Å²) in [6, 6.07) is 0. The number of aldehydes is 2. The second-order valence-corrected chi connectivity index (χ2v) is 3.65. The zero-order valence-electron chi connectivity index (χ0n) is 21.6. The fraction of sp³-hybridized carbons (Fsp3) is 0.211. The van der Waals surface area contributed by atoms with Crippen molar-refractivity contribution in [2.24, 2.45) is 0 Å². The van der Waals surface area contributed by atoms with Crippen molar-refractivity contribution >= 4 is 53.4 Å². The molecule has 0 saturated carbocycles. The van der Waals surface area contributed by atoms with Gasteiger partial charge >= 0.3 is 6.15 Å². The minimum atomic E-state index is -2.13. The van der Waals surface area contributed by atoms with Crippen LogP contribution in [-0.4, -0.2) is 113 Å². The van der Waals surface area contributed by atoms with Crippen molar-refractivity contribution in [3.63, 3.8) is 0 Å². The Balaban J connectivity index is -0.0000000112. The Morgan fingerprint density at radius 1 is 0.522 bits per heavy atom. The summed E-state index contributed by atoms with van der Waals surface area (Å²) in [5.41, 5.74) is 0. The van der Waals surface area contributed by atoms with E-state index in [0.29, 0.717) is 0 Å². The van der Waals surface area contributed by atoms with Crippen LogP contribution >= 0.6 is 0 Å². The predicted molar refractivity (Wildman–Crippen MR) is 157 cm³/mol. The number of carbonyl (C=O) groups is 8. The molecule has 0 fully saturated rings. The highest BCUT2D eigenvalue weighted by Crippen LogP contribution is 1.86. The van der Waals surface area contributed by atoms with Crippen molar-refractivity contribution in [3.05, 3.63) is 9.93 Å². The summed E-state index contributed by atoms with van der Waals surface area (Å²) in [5.74, 6) is 3.53. The molecule has 0 rings (SSSR count). The molecule has 0 spiro atoms. The van der Waals surface area contributed by atoms with E-state index in [4.69, 9.17) is 30.0 Å². The van der Waals surface area contributed by atoms with E-state index in [-0.39, 0.29) is 78.9 Å². The van der Waals surface area contributed by atoms with E-state index in [2.05, 4.69) is 55.7 Å². The van der Waals surface area contributed by atoms with Gasteiger partial charge in [-0.15, -0.1) is 0 Å². The Bertz CT molecular complexity index is 933. The molecule has 0 unspecified atom stereocenters. The number of hydrogen-bond donors (Lipinski definition) is 2. The fourth-order valence-corrected chi connectivity index (χ4v) is 0.749. The Kier molecular flexibility index (Phi) is 206. The summed E-state index contributed by atoms with van der Waals surface area (Å²) in [7, 11) is 0. The second-order valence-electron chi connectivity index (χ2n) is 3.65. The van der Waals surface area contributed by atoms with Crippen LogP contribution in [0.25, 0.3) is 0 Å². The third-order valence-corrected chi connectivity index (χ3v) is 1.81. The topological polar surface area (TPSA) is 566 Å². The van der Waals surface area contributed by atoms with Gasteiger partial charge in [-0.1, -0.05) is 26.7 Å². The average Bonchev–Trinajstić information content (AvgIpc) is 2.89. The highest BCUT2D eigenvalue weighted by molar-refractivity contribution is 6.96. The molecule has 0 heterocycles. The lowest BCUT2D eigenvalue weighted by molar-refractivity contribution is -0.749. The maximum atomic E-state index is 10.7. The SMILES string of the molecule is C.C.CC#CC#CC#CC.O.O.O.O.O.O.O.O.O.O=C=O.O=CC(=O)C(=O)C(=O)C(=O)C(=O)C(=O)C=O.O=O.OOOOOO.[HH].[HH].[HH].[HH].[HH].[HH]. The van der Waals surface area contributed by atoms with Crippen LogP contribution in [0.15, 0.2) is 0 Å². The number of rotatable bonds is 10. The molecule has 0 amide bonds. The molecule has 27 heteroatoms. The predicted octanol–water partition coefficient (Wildman–Crippen LogP) is -7.61. The van der Waals surface area contributed by atoms with Crippen LogP contribution in [0.3, 0.4) is 0 Å². The molecule has 0 aromatic rings. The van der Waals surface area contributed by atoms with Gasteiger partial charge in [0, 0.05) is 18.5 Å². The Labute approximate surface area is 265 Å². The number of carbonyl (C=O) groups excluding carboxylic acids is 10. The van der Waals surface area contributed by atoms with Gasteiger partial charge in [-0.25, -0.2) is 10.5 Å². The minimum Gasteiger partial charge on any atom is -0.412 e. The van der Waals surface area contributed by atoms with E-state index in [9.17, 15) is 38.4 Å². The number of hydrogen-bond acceptors (Lipinski definition) is 18. The van der Waals surface area contributed by atoms with E-state index in [1.807, 2.05) is 0 Å². The molecule has 46 heavy (non-hydrogen) atoms. The van der Waals surface area contributed by atoms with Crippen LogP contribution in [0.2, 0.25) is 0 Å². The van der Waals surface area contributed by atoms with E-state index in [0.717, 1.165) is 0 Å². The third-order valence-electron chi connectivity index (χ3n) is 1.81. The van der Waals surface area contributed by atoms with Crippen molar-refractivity contribution in [1.29, 1.82) is 0 Å². The Hall–Kier alpha value is -5.58. The van der Waals surface area contributed by atoms with Crippen molar-refractivity contribution in [2.45, 2.75) is 28.7 Å². The molecule has 0 aliphatic heterocycles. The zero-order chi connectivity index (χ0) is 28.7. The van der Waals surface area contributed by atoms with Gasteiger partial charge in [-0.3, -0.25) is 38.4 Å². The highest BCUT2D eigenvalue weighted by atomic mass is 17.8. The minimum absolute atomic E-state index is 0. The number of Topliss-reactive ketones (excluding diaryl/α,β-unsaturated/α-hetero) is 6. The molecule has 0 aliphatic carbocycles. The lowest BCUT2D eigenvalue weighted by atomic mass is 10.0. The van der Waals surface area contributed by atoms with Crippen LogP contribution in [-0.2, 0) is 68.1 Å².